The van der Waals surface area contributed by atoms with Crippen molar-refractivity contribution >= 4 is 11.9 Å². The second kappa shape index (κ2) is 4.71. The lowest BCUT2D eigenvalue weighted by molar-refractivity contribution is -0.117. The fourth-order valence-corrected chi connectivity index (χ4v) is 0.703. The minimum Gasteiger partial charge on any atom is -0.453 e. The van der Waals surface area contributed by atoms with Crippen molar-refractivity contribution in [1.82, 2.24) is 4.90 Å². The Morgan fingerprint density at radius 1 is 1.45 bits per heavy atom. The molecule has 0 aliphatic heterocycles. The maximum absolute atomic E-state index is 10.8. The van der Waals surface area contributed by atoms with E-state index in [0.29, 0.717) is 6.54 Å². The van der Waals surface area contributed by atoms with Gasteiger partial charge in [0.2, 0.25) is 0 Å². The maximum Gasteiger partial charge on any atom is 0.409 e. The summed E-state index contributed by atoms with van der Waals surface area (Å²) < 4.78 is 4.44. The van der Waals surface area contributed by atoms with Crippen LogP contribution in [0.15, 0.2) is 0 Å². The van der Waals surface area contributed by atoms with Gasteiger partial charge >= 0.3 is 6.09 Å². The molecule has 0 fully saturated rings. The van der Waals surface area contributed by atoms with E-state index in [0.717, 1.165) is 0 Å². The van der Waals surface area contributed by atoms with Crippen LogP contribution in [0.4, 0.5) is 4.79 Å². The van der Waals surface area contributed by atoms with Crippen molar-refractivity contribution in [3.05, 3.63) is 0 Å². The minimum atomic E-state index is -0.456. The Labute approximate surface area is 66.1 Å². The predicted molar refractivity (Wildman–Crippen MR) is 40.3 cm³/mol. The van der Waals surface area contributed by atoms with E-state index in [4.69, 9.17) is 0 Å². The summed E-state index contributed by atoms with van der Waals surface area (Å²) >= 11 is 0. The Hall–Kier alpha value is -1.06. The molecule has 11 heavy (non-hydrogen) atoms. The van der Waals surface area contributed by atoms with Gasteiger partial charge in [-0.25, -0.2) is 4.79 Å². The second-order valence-electron chi connectivity index (χ2n) is 2.19. The molecule has 0 aromatic heterocycles. The van der Waals surface area contributed by atoms with Crippen molar-refractivity contribution in [1.29, 1.82) is 0 Å². The molecule has 0 aliphatic carbocycles. The number of hydrogen-bond acceptors (Lipinski definition) is 3. The number of ketones is 1. The molecule has 0 spiro atoms. The summed E-state index contributed by atoms with van der Waals surface area (Å²) in [4.78, 5) is 22.7. The first kappa shape index (κ1) is 9.94. The summed E-state index contributed by atoms with van der Waals surface area (Å²) in [5, 5.41) is 0. The van der Waals surface area contributed by atoms with Crippen molar-refractivity contribution in [2.75, 3.05) is 20.2 Å². The fraction of sp³-hybridized carbons (Fsp3) is 0.714. The van der Waals surface area contributed by atoms with Crippen molar-refractivity contribution in [3.8, 4) is 0 Å². The molecule has 0 rings (SSSR count). The number of amides is 1. The third-order valence-corrected chi connectivity index (χ3v) is 1.23. The predicted octanol–water partition coefficient (Wildman–Crippen LogP) is 0.664. The first-order chi connectivity index (χ1) is 5.11. The number of likely N-dealkylation sites (N-methyl/N-ethyl adjacent to an activating group) is 1. The van der Waals surface area contributed by atoms with Gasteiger partial charge in [-0.15, -0.1) is 0 Å². The molecular formula is C7H13NO3. The van der Waals surface area contributed by atoms with Gasteiger partial charge in [0, 0.05) is 6.54 Å². The van der Waals surface area contributed by atoms with Gasteiger partial charge in [-0.3, -0.25) is 4.79 Å². The molecule has 4 heteroatoms. The third-order valence-electron chi connectivity index (χ3n) is 1.23. The van der Waals surface area contributed by atoms with E-state index >= 15 is 0 Å². The van der Waals surface area contributed by atoms with Gasteiger partial charge < -0.3 is 9.64 Å². The van der Waals surface area contributed by atoms with Crippen LogP contribution in [0, 0.1) is 0 Å². The first-order valence-electron chi connectivity index (χ1n) is 3.44. The fourth-order valence-electron chi connectivity index (χ4n) is 0.703. The Morgan fingerprint density at radius 3 is 2.27 bits per heavy atom. The number of methoxy groups -OCH3 is 1. The number of carbonyl (C=O) groups excluding carboxylic acids is 2. The lowest BCUT2D eigenvalue weighted by atomic mass is 10.4. The highest BCUT2D eigenvalue weighted by Gasteiger charge is 2.12. The molecule has 0 unspecified atom stereocenters. The number of ether oxygens (including phenoxy) is 1. The van der Waals surface area contributed by atoms with Crippen molar-refractivity contribution in [3.63, 3.8) is 0 Å². The van der Waals surface area contributed by atoms with Crippen molar-refractivity contribution < 1.29 is 14.3 Å². The zero-order valence-electron chi connectivity index (χ0n) is 7.09. The quantitative estimate of drug-likeness (QED) is 0.607. The largest absolute Gasteiger partial charge is 0.453 e. The Morgan fingerprint density at radius 2 is 2.00 bits per heavy atom. The van der Waals surface area contributed by atoms with Crippen LogP contribution in [0.3, 0.4) is 0 Å². The van der Waals surface area contributed by atoms with E-state index in [2.05, 4.69) is 4.74 Å². The van der Waals surface area contributed by atoms with E-state index in [-0.39, 0.29) is 12.3 Å². The van der Waals surface area contributed by atoms with E-state index in [1.54, 1.807) is 6.92 Å². The molecule has 0 aromatic carbocycles. The van der Waals surface area contributed by atoms with Gasteiger partial charge in [0.25, 0.3) is 0 Å². The molecule has 0 saturated heterocycles. The van der Waals surface area contributed by atoms with E-state index in [9.17, 15) is 9.59 Å². The topological polar surface area (TPSA) is 46.6 Å². The number of Topliss-reactive ketones (excluding diaryl/α,β-unsaturated/α-hetero) is 1. The highest BCUT2D eigenvalue weighted by atomic mass is 16.5. The summed E-state index contributed by atoms with van der Waals surface area (Å²) in [5.74, 6) is -0.0442. The molecule has 0 N–H and O–H groups in total. The van der Waals surface area contributed by atoms with Crippen molar-refractivity contribution in [2.24, 2.45) is 0 Å². The lowest BCUT2D eigenvalue weighted by Crippen LogP contribution is -2.34. The Kier molecular flexibility index (Phi) is 4.26. The standard InChI is InChI=1S/C7H13NO3/c1-4-8(5-6(2)9)7(10)11-3/h4-5H2,1-3H3. The Bertz CT molecular complexity index is 156. The summed E-state index contributed by atoms with van der Waals surface area (Å²) in [7, 11) is 1.30. The number of carbonyl (C=O) groups is 2. The summed E-state index contributed by atoms with van der Waals surface area (Å²) in [6, 6.07) is 0. The van der Waals surface area contributed by atoms with Gasteiger partial charge in [-0.2, -0.15) is 0 Å². The molecule has 0 heterocycles. The molecule has 4 nitrogen and oxygen atoms in total. The lowest BCUT2D eigenvalue weighted by Gasteiger charge is -2.16. The SMILES string of the molecule is CCN(CC(C)=O)C(=O)OC. The normalized spacial score (nSPS) is 9.00. The number of rotatable bonds is 3. The summed E-state index contributed by atoms with van der Waals surface area (Å²) in [6.45, 7) is 3.85. The average Bonchev–Trinajstić information content (AvgIpc) is 1.98. The highest BCUT2D eigenvalue weighted by Crippen LogP contribution is 1.91. The van der Waals surface area contributed by atoms with Crippen LogP contribution in [0.2, 0.25) is 0 Å². The smallest absolute Gasteiger partial charge is 0.409 e. The average molecular weight is 159 g/mol. The molecule has 1 amide bonds. The van der Waals surface area contributed by atoms with Crippen LogP contribution in [-0.4, -0.2) is 37.0 Å². The minimum absolute atomic E-state index is 0.0442. The van der Waals surface area contributed by atoms with Gasteiger partial charge in [0.1, 0.15) is 5.78 Å². The van der Waals surface area contributed by atoms with Crippen LogP contribution >= 0.6 is 0 Å². The van der Waals surface area contributed by atoms with Crippen LogP contribution in [0.1, 0.15) is 13.8 Å². The van der Waals surface area contributed by atoms with Crippen LogP contribution < -0.4 is 0 Å². The Balaban J connectivity index is 3.94. The zero-order valence-corrected chi connectivity index (χ0v) is 7.09. The monoisotopic (exact) mass is 159 g/mol. The van der Waals surface area contributed by atoms with Crippen molar-refractivity contribution in [2.45, 2.75) is 13.8 Å². The zero-order chi connectivity index (χ0) is 8.85. The van der Waals surface area contributed by atoms with Gasteiger partial charge in [-0.05, 0) is 13.8 Å². The number of nitrogens with zero attached hydrogens (tertiary/aromatic N) is 1. The van der Waals surface area contributed by atoms with Gasteiger partial charge in [0.05, 0.1) is 13.7 Å². The summed E-state index contributed by atoms with van der Waals surface area (Å²) in [5.41, 5.74) is 0. The first-order valence-corrected chi connectivity index (χ1v) is 3.44. The molecule has 0 aromatic rings. The van der Waals surface area contributed by atoms with E-state index < -0.39 is 6.09 Å². The van der Waals surface area contributed by atoms with Crippen LogP contribution in [0.5, 0.6) is 0 Å². The molecule has 64 valence electrons. The molecule has 0 bridgehead atoms. The maximum atomic E-state index is 10.8. The highest BCUT2D eigenvalue weighted by molar-refractivity contribution is 5.81. The third kappa shape index (κ3) is 3.60. The molecule has 0 saturated carbocycles. The van der Waals surface area contributed by atoms with Gasteiger partial charge in [-0.1, -0.05) is 0 Å². The van der Waals surface area contributed by atoms with Crippen LogP contribution in [0.25, 0.3) is 0 Å². The van der Waals surface area contributed by atoms with Gasteiger partial charge in [0.15, 0.2) is 0 Å². The molecule has 0 radical (unpaired) electrons. The van der Waals surface area contributed by atoms with E-state index in [1.807, 2.05) is 0 Å². The molecule has 0 atom stereocenters. The molecular weight excluding hydrogens is 146 g/mol. The van der Waals surface area contributed by atoms with Crippen LogP contribution in [-0.2, 0) is 9.53 Å². The van der Waals surface area contributed by atoms with E-state index in [1.165, 1.54) is 18.9 Å². The number of hydrogen-bond donors (Lipinski definition) is 0. The second-order valence-corrected chi connectivity index (χ2v) is 2.19. The molecule has 0 aliphatic rings. The summed E-state index contributed by atoms with van der Waals surface area (Å²) in [6.07, 6.45) is -0.456.